The lowest BCUT2D eigenvalue weighted by molar-refractivity contribution is -0.151. The van der Waals surface area contributed by atoms with E-state index in [1.807, 2.05) is 36.9 Å². The van der Waals surface area contributed by atoms with Crippen molar-refractivity contribution in [3.63, 3.8) is 0 Å². The van der Waals surface area contributed by atoms with Crippen molar-refractivity contribution in [3.05, 3.63) is 65.2 Å². The number of anilines is 1. The molecule has 0 saturated heterocycles. The third kappa shape index (κ3) is 6.59. The predicted molar refractivity (Wildman–Crippen MR) is 181 cm³/mol. The first-order valence-electron chi connectivity index (χ1n) is 16.3. The first-order valence-corrected chi connectivity index (χ1v) is 17.8. The third-order valence-corrected chi connectivity index (χ3v) is 11.2. The van der Waals surface area contributed by atoms with Crippen LogP contribution in [0.15, 0.2) is 53.4 Å². The highest BCUT2D eigenvalue weighted by Gasteiger charge is 2.57. The van der Waals surface area contributed by atoms with E-state index in [9.17, 15) is 18.0 Å². The summed E-state index contributed by atoms with van der Waals surface area (Å²) in [5.74, 6) is 0.0774. The molecule has 250 valence electrons. The number of sulfonamides is 1. The zero-order valence-corrected chi connectivity index (χ0v) is 29.1. The molecule has 0 radical (unpaired) electrons. The summed E-state index contributed by atoms with van der Waals surface area (Å²) in [4.78, 5) is 39.8. The number of benzene rings is 2. The van der Waals surface area contributed by atoms with Crippen molar-refractivity contribution in [2.45, 2.75) is 83.7 Å². The molecule has 10 nitrogen and oxygen atoms in total. The standard InChI is InChI=1S/C36H45N5O5S/c1-22-10-8-11-23(2)31(22)29-15-30-38-34(37-29)39-47(44,45)28-13-9-12-24(14-28)33(43)41(27(21-46-30)18-35(3,4)5)26-19-36(20-26)16-25(17-36)32(42)40(6)7/h8-15,25-27H,16-21H2,1-7H3,(H,37,38,39)/t25-,26-,27-,36?/m1/s1. The van der Waals surface area contributed by atoms with Crippen molar-refractivity contribution in [2.24, 2.45) is 16.7 Å². The molecule has 2 saturated carbocycles. The molecule has 1 aliphatic heterocycles. The number of fused-ring (bicyclic) bond motifs is 4. The maximum atomic E-state index is 14.5. The molecular weight excluding hydrogens is 614 g/mol. The van der Waals surface area contributed by atoms with Crippen LogP contribution in [0, 0.1) is 30.6 Å². The molecular formula is C36H45N5O5S. The van der Waals surface area contributed by atoms with Gasteiger partial charge in [-0.25, -0.2) is 18.1 Å². The molecule has 3 aromatic rings. The lowest BCUT2D eigenvalue weighted by Gasteiger charge is -2.60. The highest BCUT2D eigenvalue weighted by atomic mass is 32.2. The minimum atomic E-state index is -4.14. The number of hydrogen-bond donors (Lipinski definition) is 1. The normalized spacial score (nSPS) is 25.2. The molecule has 1 N–H and O–H groups in total. The number of nitrogens with zero attached hydrogens (tertiary/aromatic N) is 4. The molecule has 1 spiro atoms. The third-order valence-electron chi connectivity index (χ3n) is 9.84. The Balaban J connectivity index is 1.41. The van der Waals surface area contributed by atoms with Crippen LogP contribution in [0.2, 0.25) is 0 Å². The molecule has 3 aliphatic rings. The number of carbonyl (C=O) groups is 2. The quantitative estimate of drug-likeness (QED) is 0.373. The Bertz CT molecular complexity index is 1800. The van der Waals surface area contributed by atoms with Gasteiger partial charge in [-0.15, -0.1) is 0 Å². The zero-order valence-electron chi connectivity index (χ0n) is 28.3. The Morgan fingerprint density at radius 1 is 1.02 bits per heavy atom. The highest BCUT2D eigenvalue weighted by Crippen LogP contribution is 2.60. The summed E-state index contributed by atoms with van der Waals surface area (Å²) in [6, 6.07) is 13.5. The summed E-state index contributed by atoms with van der Waals surface area (Å²) in [6.07, 6.45) is 3.90. The van der Waals surface area contributed by atoms with Crippen LogP contribution < -0.4 is 9.46 Å². The van der Waals surface area contributed by atoms with Crippen LogP contribution in [0.1, 0.15) is 74.4 Å². The Morgan fingerprint density at radius 2 is 1.68 bits per heavy atom. The number of nitrogens with one attached hydrogen (secondary N) is 1. The van der Waals surface area contributed by atoms with E-state index >= 15 is 0 Å². The molecule has 2 fully saturated rings. The zero-order chi connectivity index (χ0) is 33.9. The van der Waals surface area contributed by atoms with E-state index in [0.717, 1.165) is 42.4 Å². The lowest BCUT2D eigenvalue weighted by Crippen LogP contribution is -2.62. The number of aryl methyl sites for hydroxylation is 2. The number of hydrogen-bond acceptors (Lipinski definition) is 7. The largest absolute Gasteiger partial charge is 0.475 e. The molecule has 47 heavy (non-hydrogen) atoms. The first kappa shape index (κ1) is 32.9. The molecule has 2 aromatic carbocycles. The molecule has 4 bridgehead atoms. The molecule has 2 aliphatic carbocycles. The number of amides is 2. The fourth-order valence-corrected chi connectivity index (χ4v) is 8.76. The van der Waals surface area contributed by atoms with Gasteiger partial charge in [0.25, 0.3) is 15.9 Å². The van der Waals surface area contributed by atoms with Crippen LogP contribution in [0.5, 0.6) is 5.88 Å². The fraction of sp³-hybridized carbons (Fsp3) is 0.500. The topological polar surface area (TPSA) is 122 Å². The van der Waals surface area contributed by atoms with E-state index in [4.69, 9.17) is 4.74 Å². The van der Waals surface area contributed by atoms with Gasteiger partial charge in [-0.1, -0.05) is 45.0 Å². The Kier molecular flexibility index (Phi) is 8.35. The van der Waals surface area contributed by atoms with Gasteiger partial charge in [0.15, 0.2) is 0 Å². The van der Waals surface area contributed by atoms with Crippen molar-refractivity contribution < 1.29 is 22.7 Å². The van der Waals surface area contributed by atoms with Crippen LogP contribution >= 0.6 is 0 Å². The van der Waals surface area contributed by atoms with E-state index in [1.165, 1.54) is 12.1 Å². The summed E-state index contributed by atoms with van der Waals surface area (Å²) >= 11 is 0. The smallest absolute Gasteiger partial charge is 0.264 e. The van der Waals surface area contributed by atoms with E-state index in [2.05, 4.69) is 35.5 Å². The van der Waals surface area contributed by atoms with Crippen LogP contribution in [-0.2, 0) is 14.8 Å². The van der Waals surface area contributed by atoms with Gasteiger partial charge >= 0.3 is 0 Å². The van der Waals surface area contributed by atoms with Gasteiger partial charge in [-0.05, 0) is 86.1 Å². The molecule has 2 amide bonds. The summed E-state index contributed by atoms with van der Waals surface area (Å²) in [5, 5.41) is 0. The molecule has 2 heterocycles. The fourth-order valence-electron chi connectivity index (χ4n) is 7.77. The van der Waals surface area contributed by atoms with Gasteiger partial charge in [0.1, 0.15) is 6.61 Å². The Labute approximate surface area is 278 Å². The van der Waals surface area contributed by atoms with Crippen molar-refractivity contribution in [1.82, 2.24) is 19.8 Å². The van der Waals surface area contributed by atoms with E-state index in [1.54, 1.807) is 37.2 Å². The van der Waals surface area contributed by atoms with Crippen LogP contribution in [-0.4, -0.2) is 72.8 Å². The second-order valence-corrected chi connectivity index (χ2v) is 16.8. The number of aromatic nitrogens is 2. The van der Waals surface area contributed by atoms with Crippen molar-refractivity contribution in [3.8, 4) is 17.1 Å². The van der Waals surface area contributed by atoms with Crippen molar-refractivity contribution in [1.29, 1.82) is 0 Å². The molecule has 0 unspecified atom stereocenters. The van der Waals surface area contributed by atoms with E-state index in [-0.39, 0.29) is 64.0 Å². The SMILES string of the molecule is Cc1cccc(C)c1-c1cc2nc(n1)NS(=O)(=O)c1cccc(c1)C(=O)N([C@H]1CC3(C[C@H](C(=O)N(C)C)C3)C1)[C@H](CC(C)(C)C)CO2. The van der Waals surface area contributed by atoms with E-state index < -0.39 is 10.0 Å². The average Bonchev–Trinajstić information content (AvgIpc) is 2.94. The van der Waals surface area contributed by atoms with Gasteiger partial charge in [0, 0.05) is 43.2 Å². The first-order chi connectivity index (χ1) is 22.0. The summed E-state index contributed by atoms with van der Waals surface area (Å²) in [6.45, 7) is 10.6. The predicted octanol–water partition coefficient (Wildman–Crippen LogP) is 5.85. The Hall–Kier alpha value is -3.99. The van der Waals surface area contributed by atoms with Crippen LogP contribution in [0.3, 0.4) is 0 Å². The minimum absolute atomic E-state index is 0.0258. The summed E-state index contributed by atoms with van der Waals surface area (Å²) in [5.41, 5.74) is 3.59. The molecule has 1 atom stereocenters. The maximum Gasteiger partial charge on any atom is 0.264 e. The molecule has 11 heteroatoms. The van der Waals surface area contributed by atoms with Crippen molar-refractivity contribution in [2.75, 3.05) is 25.4 Å². The lowest BCUT2D eigenvalue weighted by atomic mass is 9.49. The second-order valence-electron chi connectivity index (χ2n) is 15.2. The second kappa shape index (κ2) is 11.9. The maximum absolute atomic E-state index is 14.5. The monoisotopic (exact) mass is 659 g/mol. The summed E-state index contributed by atoms with van der Waals surface area (Å²) in [7, 11) is -0.560. The molecule has 1 aromatic heterocycles. The van der Waals surface area contributed by atoms with Gasteiger partial charge in [-0.2, -0.15) is 4.98 Å². The molecule has 6 rings (SSSR count). The number of ether oxygens (including phenoxy) is 1. The van der Waals surface area contributed by atoms with Gasteiger partial charge in [-0.3, -0.25) is 9.59 Å². The minimum Gasteiger partial charge on any atom is -0.475 e. The number of rotatable bonds is 4. The van der Waals surface area contributed by atoms with Gasteiger partial charge in [0.05, 0.1) is 16.6 Å². The summed E-state index contributed by atoms with van der Waals surface area (Å²) < 4.78 is 36.3. The van der Waals surface area contributed by atoms with Crippen molar-refractivity contribution >= 4 is 27.8 Å². The van der Waals surface area contributed by atoms with Gasteiger partial charge < -0.3 is 14.5 Å². The Morgan fingerprint density at radius 3 is 2.32 bits per heavy atom. The van der Waals surface area contributed by atoms with Crippen LogP contribution in [0.25, 0.3) is 11.3 Å². The highest BCUT2D eigenvalue weighted by molar-refractivity contribution is 7.92. The number of carbonyl (C=O) groups excluding carboxylic acids is 2. The average molecular weight is 660 g/mol. The van der Waals surface area contributed by atoms with Crippen LogP contribution in [0.4, 0.5) is 5.95 Å². The van der Waals surface area contributed by atoms with Gasteiger partial charge in [0.2, 0.25) is 17.7 Å². The van der Waals surface area contributed by atoms with E-state index in [0.29, 0.717) is 17.7 Å².